The molecular formula is C21H17F3N4O2S. The van der Waals surface area contributed by atoms with Crippen LogP contribution >= 0.6 is 11.8 Å². The van der Waals surface area contributed by atoms with Crippen LogP contribution in [0.4, 0.5) is 13.2 Å². The van der Waals surface area contributed by atoms with Crippen LogP contribution in [0.5, 0.6) is 0 Å². The third-order valence-corrected chi connectivity index (χ3v) is 5.48. The van der Waals surface area contributed by atoms with Gasteiger partial charge in [-0.15, -0.1) is 0 Å². The molecule has 0 spiro atoms. The minimum atomic E-state index is -4.46. The summed E-state index contributed by atoms with van der Waals surface area (Å²) in [6.45, 7) is 2.48. The molecule has 0 radical (unpaired) electrons. The Balaban J connectivity index is 1.59. The second-order valence-electron chi connectivity index (χ2n) is 6.75. The molecular weight excluding hydrogens is 429 g/mol. The number of alkyl halides is 3. The lowest BCUT2D eigenvalue weighted by Gasteiger charge is -2.11. The Bertz CT molecular complexity index is 1280. The van der Waals surface area contributed by atoms with Crippen LogP contribution in [0.3, 0.4) is 0 Å². The van der Waals surface area contributed by atoms with E-state index in [1.54, 1.807) is 22.8 Å². The molecule has 160 valence electrons. The van der Waals surface area contributed by atoms with Gasteiger partial charge in [-0.25, -0.2) is 4.98 Å². The van der Waals surface area contributed by atoms with Crippen molar-refractivity contribution < 1.29 is 17.7 Å². The van der Waals surface area contributed by atoms with Crippen molar-refractivity contribution in [2.24, 2.45) is 0 Å². The van der Waals surface area contributed by atoms with Crippen LogP contribution in [0.15, 0.2) is 63.0 Å². The Kier molecular flexibility index (Phi) is 5.81. The molecule has 0 amide bonds. The summed E-state index contributed by atoms with van der Waals surface area (Å²) >= 11 is 1.26. The molecule has 4 aromatic rings. The molecule has 0 fully saturated rings. The number of hydrogen-bond acceptors (Lipinski definition) is 6. The molecule has 0 atom stereocenters. The number of nitrogens with zero attached hydrogens (tertiary/aromatic N) is 4. The van der Waals surface area contributed by atoms with Gasteiger partial charge in [0.05, 0.1) is 22.2 Å². The zero-order chi connectivity index (χ0) is 22.0. The number of aromatic nitrogens is 4. The highest BCUT2D eigenvalue weighted by molar-refractivity contribution is 7.98. The van der Waals surface area contributed by atoms with Crippen LogP contribution in [-0.4, -0.2) is 19.7 Å². The Hall–Kier alpha value is -3.14. The Morgan fingerprint density at radius 3 is 2.68 bits per heavy atom. The smallest absolute Gasteiger partial charge is 0.338 e. The van der Waals surface area contributed by atoms with Crippen molar-refractivity contribution in [3.05, 3.63) is 70.3 Å². The van der Waals surface area contributed by atoms with Gasteiger partial charge in [-0.05, 0) is 30.7 Å². The lowest BCUT2D eigenvalue weighted by molar-refractivity contribution is -0.137. The van der Waals surface area contributed by atoms with E-state index in [2.05, 4.69) is 15.1 Å². The standard InChI is InChI=1S/C21H17F3N4O2S/c1-2-10-28-19(29)15-8-3-4-9-16(15)25-20(28)31-12-17-26-18(27-30-17)13-6-5-7-14(11-13)21(22,23)24/h3-9,11H,2,10,12H2,1H3. The van der Waals surface area contributed by atoms with Gasteiger partial charge in [-0.3, -0.25) is 9.36 Å². The monoisotopic (exact) mass is 446 g/mol. The Morgan fingerprint density at radius 1 is 1.10 bits per heavy atom. The van der Waals surface area contributed by atoms with E-state index in [9.17, 15) is 18.0 Å². The average Bonchev–Trinajstić information content (AvgIpc) is 3.23. The van der Waals surface area contributed by atoms with Crippen molar-refractivity contribution in [1.82, 2.24) is 19.7 Å². The van der Waals surface area contributed by atoms with Gasteiger partial charge in [0.15, 0.2) is 5.16 Å². The number of halogens is 3. The normalized spacial score (nSPS) is 11.9. The largest absolute Gasteiger partial charge is 0.416 e. The summed E-state index contributed by atoms with van der Waals surface area (Å²) in [5, 5.41) is 4.86. The first-order valence-electron chi connectivity index (χ1n) is 9.49. The first kappa shape index (κ1) is 21.1. The molecule has 0 saturated heterocycles. The Labute approximate surface area is 179 Å². The predicted molar refractivity (Wildman–Crippen MR) is 111 cm³/mol. The van der Waals surface area contributed by atoms with Gasteiger partial charge in [0.1, 0.15) is 0 Å². The van der Waals surface area contributed by atoms with E-state index in [1.165, 1.54) is 23.9 Å². The SMILES string of the molecule is CCCn1c(SCc2nc(-c3cccc(C(F)(F)F)c3)no2)nc2ccccc2c1=O. The zero-order valence-corrected chi connectivity index (χ0v) is 17.2. The highest BCUT2D eigenvalue weighted by atomic mass is 32.2. The fraction of sp³-hybridized carbons (Fsp3) is 0.238. The summed E-state index contributed by atoms with van der Waals surface area (Å²) < 4.78 is 45.6. The summed E-state index contributed by atoms with van der Waals surface area (Å²) in [5.74, 6) is 0.516. The summed E-state index contributed by atoms with van der Waals surface area (Å²) in [4.78, 5) is 21.6. The molecule has 0 aliphatic heterocycles. The van der Waals surface area contributed by atoms with Crippen molar-refractivity contribution in [3.8, 4) is 11.4 Å². The molecule has 0 unspecified atom stereocenters. The van der Waals surface area contributed by atoms with Crippen LogP contribution in [0.2, 0.25) is 0 Å². The van der Waals surface area contributed by atoms with Crippen molar-refractivity contribution in [3.63, 3.8) is 0 Å². The molecule has 31 heavy (non-hydrogen) atoms. The van der Waals surface area contributed by atoms with E-state index in [0.717, 1.165) is 18.6 Å². The van der Waals surface area contributed by atoms with Gasteiger partial charge < -0.3 is 4.52 Å². The van der Waals surface area contributed by atoms with Crippen LogP contribution in [0.1, 0.15) is 24.8 Å². The van der Waals surface area contributed by atoms with Gasteiger partial charge in [0, 0.05) is 12.1 Å². The zero-order valence-electron chi connectivity index (χ0n) is 16.4. The van der Waals surface area contributed by atoms with Gasteiger partial charge in [-0.1, -0.05) is 48.1 Å². The fourth-order valence-corrected chi connectivity index (χ4v) is 3.93. The molecule has 2 aromatic heterocycles. The topological polar surface area (TPSA) is 73.8 Å². The number of benzene rings is 2. The van der Waals surface area contributed by atoms with Crippen LogP contribution in [-0.2, 0) is 18.5 Å². The maximum absolute atomic E-state index is 12.9. The molecule has 0 N–H and O–H groups in total. The van der Waals surface area contributed by atoms with Gasteiger partial charge in [-0.2, -0.15) is 18.2 Å². The minimum Gasteiger partial charge on any atom is -0.338 e. The molecule has 0 saturated carbocycles. The summed E-state index contributed by atoms with van der Waals surface area (Å²) in [6, 6.07) is 11.9. The van der Waals surface area contributed by atoms with E-state index >= 15 is 0 Å². The second-order valence-corrected chi connectivity index (χ2v) is 7.69. The van der Waals surface area contributed by atoms with E-state index in [4.69, 9.17) is 4.52 Å². The number of rotatable bonds is 6. The van der Waals surface area contributed by atoms with Gasteiger partial charge in [0.2, 0.25) is 11.7 Å². The number of para-hydroxylation sites is 1. The van der Waals surface area contributed by atoms with Gasteiger partial charge in [0.25, 0.3) is 5.56 Å². The summed E-state index contributed by atoms with van der Waals surface area (Å²) in [6.07, 6.45) is -3.70. The fourth-order valence-electron chi connectivity index (χ4n) is 3.07. The third-order valence-electron chi connectivity index (χ3n) is 4.51. The van der Waals surface area contributed by atoms with E-state index < -0.39 is 11.7 Å². The van der Waals surface area contributed by atoms with E-state index in [-0.39, 0.29) is 28.6 Å². The van der Waals surface area contributed by atoms with Crippen LogP contribution in [0, 0.1) is 0 Å². The second kappa shape index (κ2) is 8.54. The summed E-state index contributed by atoms with van der Waals surface area (Å²) in [7, 11) is 0. The van der Waals surface area contributed by atoms with Crippen molar-refractivity contribution >= 4 is 22.7 Å². The molecule has 10 heteroatoms. The molecule has 0 bridgehead atoms. The van der Waals surface area contributed by atoms with Crippen LogP contribution < -0.4 is 5.56 Å². The van der Waals surface area contributed by atoms with E-state index in [1.807, 2.05) is 13.0 Å². The number of hydrogen-bond donors (Lipinski definition) is 0. The maximum atomic E-state index is 12.9. The number of fused-ring (bicyclic) bond motifs is 1. The van der Waals surface area contributed by atoms with Gasteiger partial charge >= 0.3 is 6.18 Å². The summed E-state index contributed by atoms with van der Waals surface area (Å²) in [5.41, 5.74) is -0.0983. The molecule has 4 rings (SSSR count). The van der Waals surface area contributed by atoms with Crippen molar-refractivity contribution in [2.75, 3.05) is 0 Å². The molecule has 2 heterocycles. The first-order chi connectivity index (χ1) is 14.9. The lowest BCUT2D eigenvalue weighted by Crippen LogP contribution is -2.23. The molecule has 0 aliphatic carbocycles. The molecule has 2 aromatic carbocycles. The number of thioether (sulfide) groups is 1. The maximum Gasteiger partial charge on any atom is 0.416 e. The Morgan fingerprint density at radius 2 is 1.90 bits per heavy atom. The van der Waals surface area contributed by atoms with Crippen LogP contribution in [0.25, 0.3) is 22.3 Å². The minimum absolute atomic E-state index is 0.0686. The third kappa shape index (κ3) is 4.48. The predicted octanol–water partition coefficient (Wildman–Crippen LogP) is 5.17. The van der Waals surface area contributed by atoms with Crippen molar-refractivity contribution in [1.29, 1.82) is 0 Å². The average molecular weight is 446 g/mol. The molecule has 6 nitrogen and oxygen atoms in total. The molecule has 0 aliphatic rings. The highest BCUT2D eigenvalue weighted by Gasteiger charge is 2.30. The first-order valence-corrected chi connectivity index (χ1v) is 10.5. The van der Waals surface area contributed by atoms with Crippen molar-refractivity contribution in [2.45, 2.75) is 37.0 Å². The van der Waals surface area contributed by atoms with E-state index in [0.29, 0.717) is 22.6 Å². The lowest BCUT2D eigenvalue weighted by atomic mass is 10.1. The highest BCUT2D eigenvalue weighted by Crippen LogP contribution is 2.31. The quantitative estimate of drug-likeness (QED) is 0.301.